The van der Waals surface area contributed by atoms with Gasteiger partial charge in [-0.2, -0.15) is 0 Å². The molecule has 0 saturated heterocycles. The monoisotopic (exact) mass is 227 g/mol. The van der Waals surface area contributed by atoms with Gasteiger partial charge in [-0.15, -0.1) is 0 Å². The number of nitrogens with one attached hydrogen (secondary N) is 1. The average Bonchev–Trinajstić information content (AvgIpc) is 2.36. The first-order valence-electron chi connectivity index (χ1n) is 5.32. The first-order valence-corrected chi connectivity index (χ1v) is 5.32. The molecule has 2 aromatic rings. The van der Waals surface area contributed by atoms with Crippen molar-refractivity contribution in [2.24, 2.45) is 0 Å². The molecule has 0 aliphatic carbocycles. The Morgan fingerprint density at radius 3 is 2.82 bits per heavy atom. The van der Waals surface area contributed by atoms with E-state index < -0.39 is 6.09 Å². The van der Waals surface area contributed by atoms with Crippen LogP contribution in [0.2, 0.25) is 0 Å². The number of hydrogen-bond donors (Lipinski definition) is 1. The fraction of sp³-hybridized carbons (Fsp3) is 0.0714. The molecule has 0 saturated carbocycles. The predicted octanol–water partition coefficient (Wildman–Crippen LogP) is 3.21. The van der Waals surface area contributed by atoms with Crippen LogP contribution in [-0.2, 0) is 11.3 Å². The number of fused-ring (bicyclic) bond motifs is 1. The second-order valence-corrected chi connectivity index (χ2v) is 3.56. The van der Waals surface area contributed by atoms with Crippen molar-refractivity contribution in [3.63, 3.8) is 0 Å². The molecule has 0 heterocycles. The summed E-state index contributed by atoms with van der Waals surface area (Å²) >= 11 is 0. The fourth-order valence-electron chi connectivity index (χ4n) is 1.69. The Hall–Kier alpha value is -2.29. The summed E-state index contributed by atoms with van der Waals surface area (Å²) in [6.07, 6.45) is 0.804. The van der Waals surface area contributed by atoms with Crippen molar-refractivity contribution >= 4 is 16.9 Å². The molecule has 3 heteroatoms. The van der Waals surface area contributed by atoms with Gasteiger partial charge < -0.3 is 4.74 Å². The number of rotatable bonds is 3. The normalized spacial score (nSPS) is 9.88. The average molecular weight is 227 g/mol. The van der Waals surface area contributed by atoms with E-state index in [1.165, 1.54) is 6.20 Å². The highest BCUT2D eigenvalue weighted by Gasteiger charge is 2.03. The summed E-state index contributed by atoms with van der Waals surface area (Å²) in [5.41, 5.74) is 0.988. The Morgan fingerprint density at radius 1 is 1.24 bits per heavy atom. The van der Waals surface area contributed by atoms with Gasteiger partial charge in [0.05, 0.1) is 0 Å². The predicted molar refractivity (Wildman–Crippen MR) is 67.5 cm³/mol. The quantitative estimate of drug-likeness (QED) is 0.874. The lowest BCUT2D eigenvalue weighted by Gasteiger charge is -2.07. The number of hydrogen-bond acceptors (Lipinski definition) is 2. The number of amides is 1. The van der Waals surface area contributed by atoms with Gasteiger partial charge in [0, 0.05) is 0 Å². The van der Waals surface area contributed by atoms with Crippen LogP contribution in [0.4, 0.5) is 4.79 Å². The Labute approximate surface area is 99.7 Å². The minimum atomic E-state index is -0.493. The molecule has 0 unspecified atom stereocenters. The first kappa shape index (κ1) is 11.2. The number of carbonyl (C=O) groups excluding carboxylic acids is 1. The van der Waals surface area contributed by atoms with Crippen LogP contribution in [0.3, 0.4) is 0 Å². The summed E-state index contributed by atoms with van der Waals surface area (Å²) in [4.78, 5) is 11.1. The van der Waals surface area contributed by atoms with Crippen molar-refractivity contribution in [3.05, 3.63) is 60.8 Å². The van der Waals surface area contributed by atoms with Crippen LogP contribution in [0.25, 0.3) is 10.8 Å². The lowest BCUT2D eigenvalue weighted by molar-refractivity contribution is 0.144. The minimum Gasteiger partial charge on any atom is -0.444 e. The molecule has 0 fully saturated rings. The van der Waals surface area contributed by atoms with Gasteiger partial charge >= 0.3 is 6.09 Å². The van der Waals surface area contributed by atoms with Crippen LogP contribution >= 0.6 is 0 Å². The fourth-order valence-corrected chi connectivity index (χ4v) is 1.69. The zero-order chi connectivity index (χ0) is 12.1. The molecular formula is C14H13NO2. The minimum absolute atomic E-state index is 0.251. The largest absolute Gasteiger partial charge is 0.444 e. The van der Waals surface area contributed by atoms with Gasteiger partial charge in [0.25, 0.3) is 0 Å². The highest BCUT2D eigenvalue weighted by Crippen LogP contribution is 2.18. The van der Waals surface area contributed by atoms with E-state index in [0.717, 1.165) is 16.3 Å². The number of carbonyl (C=O) groups is 1. The summed E-state index contributed by atoms with van der Waals surface area (Å²) in [6.45, 7) is 3.64. The molecule has 2 rings (SSSR count). The van der Waals surface area contributed by atoms with Crippen molar-refractivity contribution < 1.29 is 9.53 Å². The van der Waals surface area contributed by atoms with Gasteiger partial charge in [0.1, 0.15) is 6.61 Å². The summed E-state index contributed by atoms with van der Waals surface area (Å²) in [7, 11) is 0. The molecule has 17 heavy (non-hydrogen) atoms. The third-order valence-corrected chi connectivity index (χ3v) is 2.46. The van der Waals surface area contributed by atoms with Gasteiger partial charge in [-0.1, -0.05) is 49.0 Å². The van der Waals surface area contributed by atoms with Gasteiger partial charge in [0.2, 0.25) is 0 Å². The highest BCUT2D eigenvalue weighted by molar-refractivity contribution is 5.85. The van der Waals surface area contributed by atoms with Crippen LogP contribution in [0.5, 0.6) is 0 Å². The Balaban J connectivity index is 2.18. The smallest absolute Gasteiger partial charge is 0.411 e. The molecule has 0 bridgehead atoms. The molecule has 0 atom stereocenters. The number of alkyl carbamates (subject to hydrolysis) is 1. The van der Waals surface area contributed by atoms with Crippen molar-refractivity contribution in [2.75, 3.05) is 0 Å². The molecule has 2 aromatic carbocycles. The topological polar surface area (TPSA) is 38.3 Å². The van der Waals surface area contributed by atoms with Crippen molar-refractivity contribution in [1.29, 1.82) is 0 Å². The maximum atomic E-state index is 11.1. The van der Waals surface area contributed by atoms with E-state index in [2.05, 4.69) is 11.9 Å². The zero-order valence-corrected chi connectivity index (χ0v) is 9.35. The van der Waals surface area contributed by atoms with E-state index in [-0.39, 0.29) is 6.61 Å². The molecule has 1 N–H and O–H groups in total. The van der Waals surface area contributed by atoms with Crippen LogP contribution in [0.15, 0.2) is 55.2 Å². The van der Waals surface area contributed by atoms with E-state index in [1.807, 2.05) is 42.5 Å². The molecular weight excluding hydrogens is 214 g/mol. The molecule has 1 amide bonds. The van der Waals surface area contributed by atoms with E-state index in [9.17, 15) is 4.79 Å². The SMILES string of the molecule is C=CNC(=O)OCc1cccc2ccccc12. The number of ether oxygens (including phenoxy) is 1. The summed E-state index contributed by atoms with van der Waals surface area (Å²) in [5, 5.41) is 4.60. The van der Waals surface area contributed by atoms with E-state index in [1.54, 1.807) is 0 Å². The molecule has 0 aliphatic rings. The van der Waals surface area contributed by atoms with Crippen LogP contribution in [-0.4, -0.2) is 6.09 Å². The van der Waals surface area contributed by atoms with E-state index in [0.29, 0.717) is 0 Å². The maximum Gasteiger partial charge on any atom is 0.411 e. The van der Waals surface area contributed by atoms with Gasteiger partial charge in [0.15, 0.2) is 0 Å². The second kappa shape index (κ2) is 5.16. The van der Waals surface area contributed by atoms with Gasteiger partial charge in [-0.25, -0.2) is 4.79 Å². The zero-order valence-electron chi connectivity index (χ0n) is 9.35. The third kappa shape index (κ3) is 2.64. The first-order chi connectivity index (χ1) is 8.31. The van der Waals surface area contributed by atoms with E-state index >= 15 is 0 Å². The lowest BCUT2D eigenvalue weighted by atomic mass is 10.1. The molecule has 86 valence electrons. The summed E-state index contributed by atoms with van der Waals surface area (Å²) < 4.78 is 5.06. The Morgan fingerprint density at radius 2 is 2.00 bits per heavy atom. The summed E-state index contributed by atoms with van der Waals surface area (Å²) in [5.74, 6) is 0. The van der Waals surface area contributed by atoms with Crippen LogP contribution in [0.1, 0.15) is 5.56 Å². The van der Waals surface area contributed by atoms with Crippen molar-refractivity contribution in [1.82, 2.24) is 5.32 Å². The third-order valence-electron chi connectivity index (χ3n) is 2.46. The molecule has 3 nitrogen and oxygen atoms in total. The maximum absolute atomic E-state index is 11.1. The Bertz CT molecular complexity index is 543. The number of benzene rings is 2. The van der Waals surface area contributed by atoms with Crippen molar-refractivity contribution in [3.8, 4) is 0 Å². The molecule has 0 radical (unpaired) electrons. The molecule has 0 spiro atoms. The standard InChI is InChI=1S/C14H13NO2/c1-2-15-14(16)17-10-12-8-5-7-11-6-3-4-9-13(11)12/h2-9H,1,10H2,(H,15,16). The highest BCUT2D eigenvalue weighted by atomic mass is 16.5. The molecule has 0 aliphatic heterocycles. The lowest BCUT2D eigenvalue weighted by Crippen LogP contribution is -2.17. The van der Waals surface area contributed by atoms with E-state index in [4.69, 9.17) is 4.74 Å². The van der Waals surface area contributed by atoms with Gasteiger partial charge in [-0.3, -0.25) is 5.32 Å². The summed E-state index contributed by atoms with van der Waals surface area (Å²) in [6, 6.07) is 13.9. The van der Waals surface area contributed by atoms with Crippen LogP contribution < -0.4 is 5.32 Å². The van der Waals surface area contributed by atoms with Crippen molar-refractivity contribution in [2.45, 2.75) is 6.61 Å². The Kier molecular flexibility index (Phi) is 3.40. The molecule has 0 aromatic heterocycles. The second-order valence-electron chi connectivity index (χ2n) is 3.56. The van der Waals surface area contributed by atoms with Crippen LogP contribution in [0, 0.1) is 0 Å². The van der Waals surface area contributed by atoms with Gasteiger partial charge in [-0.05, 0) is 22.5 Å².